The molecular weight excluding hydrogens is 362 g/mol. The van der Waals surface area contributed by atoms with Crippen LogP contribution in [0.3, 0.4) is 0 Å². The average Bonchev–Trinajstić information content (AvgIpc) is 3.15. The second-order valence-electron chi connectivity index (χ2n) is 7.00. The van der Waals surface area contributed by atoms with E-state index in [1.165, 1.54) is 16.9 Å². The lowest BCUT2D eigenvalue weighted by Crippen LogP contribution is -2.45. The number of likely N-dealkylation sites (tertiary alicyclic amines) is 1. The molecule has 0 bridgehead atoms. The van der Waals surface area contributed by atoms with Crippen LogP contribution in [0.1, 0.15) is 18.4 Å². The van der Waals surface area contributed by atoms with Gasteiger partial charge in [-0.05, 0) is 42.2 Å². The van der Waals surface area contributed by atoms with Gasteiger partial charge < -0.3 is 9.88 Å². The number of hydrogen-bond acceptors (Lipinski definition) is 4. The maximum Gasteiger partial charge on any atom is 0.329 e. The van der Waals surface area contributed by atoms with Crippen LogP contribution in [0.4, 0.5) is 0 Å². The van der Waals surface area contributed by atoms with E-state index >= 15 is 0 Å². The predicted octanol–water partition coefficient (Wildman–Crippen LogP) is 2.23. The number of benzene rings is 1. The highest BCUT2D eigenvalue weighted by molar-refractivity contribution is 7.17. The van der Waals surface area contributed by atoms with E-state index in [0.29, 0.717) is 29.2 Å². The molecule has 1 saturated heterocycles. The van der Waals surface area contributed by atoms with Crippen LogP contribution in [-0.2, 0) is 17.8 Å². The SMILES string of the molecule is O=C(Cn1c(=O)[nH]c2ccsc2c1=O)N1CCC(Cc2ccccc2)CC1. The summed E-state index contributed by atoms with van der Waals surface area (Å²) >= 11 is 1.27. The number of thiophene rings is 1. The van der Waals surface area contributed by atoms with Gasteiger partial charge in [0.1, 0.15) is 11.2 Å². The number of hydrogen-bond donors (Lipinski definition) is 1. The number of nitrogens with zero attached hydrogens (tertiary/aromatic N) is 2. The number of aromatic amines is 1. The van der Waals surface area contributed by atoms with Crippen LogP contribution < -0.4 is 11.2 Å². The van der Waals surface area contributed by atoms with Crippen LogP contribution in [0.2, 0.25) is 0 Å². The van der Waals surface area contributed by atoms with Crippen LogP contribution >= 0.6 is 11.3 Å². The van der Waals surface area contributed by atoms with E-state index < -0.39 is 11.2 Å². The molecule has 4 rings (SSSR count). The molecule has 0 aliphatic carbocycles. The van der Waals surface area contributed by atoms with Crippen molar-refractivity contribution in [3.63, 3.8) is 0 Å². The van der Waals surface area contributed by atoms with Crippen molar-refractivity contribution in [1.29, 1.82) is 0 Å². The van der Waals surface area contributed by atoms with Crippen LogP contribution in [0.25, 0.3) is 10.2 Å². The minimum atomic E-state index is -0.529. The highest BCUT2D eigenvalue weighted by atomic mass is 32.1. The number of H-pyrrole nitrogens is 1. The Balaban J connectivity index is 1.40. The van der Waals surface area contributed by atoms with E-state index in [0.717, 1.165) is 23.8 Å². The normalized spacial score (nSPS) is 15.3. The molecule has 0 spiro atoms. The molecule has 0 atom stereocenters. The Labute approximate surface area is 160 Å². The van der Waals surface area contributed by atoms with Gasteiger partial charge in [-0.1, -0.05) is 30.3 Å². The maximum atomic E-state index is 12.6. The molecule has 1 aromatic carbocycles. The number of carbonyl (C=O) groups is 1. The fourth-order valence-electron chi connectivity index (χ4n) is 3.68. The van der Waals surface area contributed by atoms with Gasteiger partial charge >= 0.3 is 5.69 Å². The third-order valence-corrected chi connectivity index (χ3v) is 6.12. The topological polar surface area (TPSA) is 75.2 Å². The summed E-state index contributed by atoms with van der Waals surface area (Å²) in [7, 11) is 0. The fourth-order valence-corrected chi connectivity index (χ4v) is 4.48. The molecule has 3 heterocycles. The molecule has 27 heavy (non-hydrogen) atoms. The van der Waals surface area contributed by atoms with Crippen molar-refractivity contribution in [1.82, 2.24) is 14.5 Å². The Morgan fingerprint density at radius 2 is 1.85 bits per heavy atom. The number of piperidine rings is 1. The van der Waals surface area contributed by atoms with Crippen molar-refractivity contribution in [2.45, 2.75) is 25.8 Å². The van der Waals surface area contributed by atoms with E-state index in [2.05, 4.69) is 17.1 Å². The Morgan fingerprint density at radius 1 is 1.11 bits per heavy atom. The summed E-state index contributed by atoms with van der Waals surface area (Å²) in [6.07, 6.45) is 2.91. The predicted molar refractivity (Wildman–Crippen MR) is 106 cm³/mol. The van der Waals surface area contributed by atoms with Gasteiger partial charge in [-0.3, -0.25) is 9.59 Å². The quantitative estimate of drug-likeness (QED) is 0.751. The summed E-state index contributed by atoms with van der Waals surface area (Å²) in [5.74, 6) is 0.390. The van der Waals surface area contributed by atoms with Crippen LogP contribution in [-0.4, -0.2) is 33.4 Å². The molecule has 0 radical (unpaired) electrons. The lowest BCUT2D eigenvalue weighted by Gasteiger charge is -2.32. The summed E-state index contributed by atoms with van der Waals surface area (Å²) in [5.41, 5.74) is 0.930. The number of carbonyl (C=O) groups excluding carboxylic acids is 1. The molecule has 2 aromatic heterocycles. The molecule has 7 heteroatoms. The van der Waals surface area contributed by atoms with E-state index in [9.17, 15) is 14.4 Å². The highest BCUT2D eigenvalue weighted by Gasteiger charge is 2.24. The molecule has 6 nitrogen and oxygen atoms in total. The van der Waals surface area contributed by atoms with Crippen molar-refractivity contribution in [3.8, 4) is 0 Å². The van der Waals surface area contributed by atoms with Gasteiger partial charge in [0.2, 0.25) is 5.91 Å². The first-order valence-electron chi connectivity index (χ1n) is 9.14. The third-order valence-electron chi connectivity index (χ3n) is 5.22. The van der Waals surface area contributed by atoms with Crippen molar-refractivity contribution in [2.24, 2.45) is 5.92 Å². The summed E-state index contributed by atoms with van der Waals surface area (Å²) < 4.78 is 1.49. The Kier molecular flexibility index (Phi) is 4.94. The highest BCUT2D eigenvalue weighted by Crippen LogP contribution is 2.22. The largest absolute Gasteiger partial charge is 0.341 e. The van der Waals surface area contributed by atoms with Crippen molar-refractivity contribution >= 4 is 27.5 Å². The van der Waals surface area contributed by atoms with E-state index in [1.807, 2.05) is 18.2 Å². The zero-order chi connectivity index (χ0) is 18.8. The molecule has 140 valence electrons. The summed E-state index contributed by atoms with van der Waals surface area (Å²) in [6.45, 7) is 1.14. The first-order chi connectivity index (χ1) is 13.1. The molecule has 0 unspecified atom stereocenters. The standard InChI is InChI=1S/C20H21N3O3S/c24-17(13-23-19(25)18-16(8-11-27-18)21-20(23)26)22-9-6-15(7-10-22)12-14-4-2-1-3-5-14/h1-5,8,11,15H,6-7,9-10,12-13H2,(H,21,26). The van der Waals surface area contributed by atoms with Gasteiger partial charge in [-0.25, -0.2) is 9.36 Å². The minimum Gasteiger partial charge on any atom is -0.341 e. The number of aromatic nitrogens is 2. The molecule has 1 aliphatic heterocycles. The van der Waals surface area contributed by atoms with Crippen LogP contribution in [0.5, 0.6) is 0 Å². The average molecular weight is 383 g/mol. The zero-order valence-electron chi connectivity index (χ0n) is 14.9. The van der Waals surface area contributed by atoms with Gasteiger partial charge in [0.15, 0.2) is 0 Å². The molecule has 1 fully saturated rings. The molecule has 1 amide bonds. The number of rotatable bonds is 4. The third kappa shape index (κ3) is 3.73. The molecule has 1 aliphatic rings. The Hall–Kier alpha value is -2.67. The molecule has 1 N–H and O–H groups in total. The summed E-state index contributed by atoms with van der Waals surface area (Å²) in [6, 6.07) is 12.1. The zero-order valence-corrected chi connectivity index (χ0v) is 15.7. The van der Waals surface area contributed by atoms with Gasteiger partial charge in [0.05, 0.1) is 5.52 Å². The Morgan fingerprint density at radius 3 is 2.59 bits per heavy atom. The first-order valence-corrected chi connectivity index (χ1v) is 10.0. The van der Waals surface area contributed by atoms with E-state index in [1.54, 1.807) is 16.3 Å². The lowest BCUT2D eigenvalue weighted by molar-refractivity contribution is -0.133. The van der Waals surface area contributed by atoms with Gasteiger partial charge in [-0.2, -0.15) is 0 Å². The smallest absolute Gasteiger partial charge is 0.329 e. The van der Waals surface area contributed by atoms with Gasteiger partial charge in [0.25, 0.3) is 5.56 Å². The van der Waals surface area contributed by atoms with Crippen molar-refractivity contribution in [3.05, 3.63) is 68.2 Å². The summed E-state index contributed by atoms with van der Waals surface area (Å²) in [4.78, 5) is 41.7. The van der Waals surface area contributed by atoms with Crippen LogP contribution in [0, 0.1) is 5.92 Å². The van der Waals surface area contributed by atoms with E-state index in [4.69, 9.17) is 0 Å². The van der Waals surface area contributed by atoms with Crippen molar-refractivity contribution < 1.29 is 4.79 Å². The van der Waals surface area contributed by atoms with Gasteiger partial charge in [0, 0.05) is 13.1 Å². The van der Waals surface area contributed by atoms with Gasteiger partial charge in [-0.15, -0.1) is 11.3 Å². The summed E-state index contributed by atoms with van der Waals surface area (Å²) in [5, 5.41) is 1.76. The lowest BCUT2D eigenvalue weighted by atomic mass is 9.90. The monoisotopic (exact) mass is 383 g/mol. The number of nitrogens with one attached hydrogen (secondary N) is 1. The molecule has 3 aromatic rings. The fraction of sp³-hybridized carbons (Fsp3) is 0.350. The molecule has 0 saturated carbocycles. The van der Waals surface area contributed by atoms with Crippen molar-refractivity contribution in [2.75, 3.05) is 13.1 Å². The number of amides is 1. The minimum absolute atomic E-state index is 0.170. The second kappa shape index (κ2) is 7.52. The Bertz CT molecular complexity index is 1060. The first kappa shape index (κ1) is 17.7. The maximum absolute atomic E-state index is 12.6. The molecular formula is C20H21N3O3S. The van der Waals surface area contributed by atoms with E-state index in [-0.39, 0.29) is 12.5 Å². The van der Waals surface area contributed by atoms with Crippen LogP contribution in [0.15, 0.2) is 51.4 Å². The second-order valence-corrected chi connectivity index (χ2v) is 7.91. The number of fused-ring (bicyclic) bond motifs is 1.